The van der Waals surface area contributed by atoms with Crippen LogP contribution in [0.1, 0.15) is 24.2 Å². The lowest BCUT2D eigenvalue weighted by Crippen LogP contribution is -2.38. The Morgan fingerprint density at radius 3 is 2.32 bits per heavy atom. The smallest absolute Gasteiger partial charge is 0.425 e. The number of carbonyl (C=O) groups is 2. The minimum atomic E-state index is -4.79. The van der Waals surface area contributed by atoms with E-state index in [1.54, 1.807) is 0 Å². The maximum absolute atomic E-state index is 14.2. The maximum Gasteiger partial charge on any atom is 0.425 e. The van der Waals surface area contributed by atoms with Crippen LogP contribution < -0.4 is 10.1 Å². The molecular weight excluding hydrogens is 398 g/mol. The Bertz CT molecular complexity index is 711. The monoisotopic (exact) mass is 416 g/mol. The number of amides is 2. The predicted molar refractivity (Wildman–Crippen MR) is 86.2 cm³/mol. The summed E-state index contributed by atoms with van der Waals surface area (Å²) in [6.07, 6.45) is -10.00. The van der Waals surface area contributed by atoms with Crippen LogP contribution in [0.25, 0.3) is 0 Å². The van der Waals surface area contributed by atoms with E-state index in [4.69, 9.17) is 0 Å². The molecule has 0 aliphatic carbocycles. The van der Waals surface area contributed by atoms with Gasteiger partial charge in [-0.05, 0) is 19.9 Å². The quantitative estimate of drug-likeness (QED) is 0.538. The fourth-order valence-corrected chi connectivity index (χ4v) is 1.99. The first-order valence-electron chi connectivity index (χ1n) is 7.89. The topological polar surface area (TPSA) is 67.9 Å². The number of urea groups is 1. The number of hydrogen-bond acceptors (Lipinski definition) is 4. The Labute approximate surface area is 156 Å². The van der Waals surface area contributed by atoms with Gasteiger partial charge in [-0.1, -0.05) is 0 Å². The Morgan fingerprint density at radius 2 is 1.86 bits per heavy atom. The molecule has 1 aromatic carbocycles. The Kier molecular flexibility index (Phi) is 7.94. The number of anilines is 1. The van der Waals surface area contributed by atoms with E-state index in [9.17, 15) is 35.9 Å². The molecular formula is C16H18F6N2O4. The highest BCUT2D eigenvalue weighted by atomic mass is 19.4. The van der Waals surface area contributed by atoms with Gasteiger partial charge < -0.3 is 19.7 Å². The van der Waals surface area contributed by atoms with E-state index in [0.717, 1.165) is 7.11 Å². The van der Waals surface area contributed by atoms with E-state index in [-0.39, 0.29) is 6.54 Å². The van der Waals surface area contributed by atoms with E-state index < -0.39 is 60.1 Å². The van der Waals surface area contributed by atoms with Crippen molar-refractivity contribution in [3.63, 3.8) is 0 Å². The first-order valence-corrected chi connectivity index (χ1v) is 7.89. The van der Waals surface area contributed by atoms with Gasteiger partial charge in [0.2, 0.25) is 0 Å². The van der Waals surface area contributed by atoms with Gasteiger partial charge in [-0.2, -0.15) is 13.2 Å². The molecule has 0 unspecified atom stereocenters. The summed E-state index contributed by atoms with van der Waals surface area (Å²) in [5.74, 6) is -3.08. The lowest BCUT2D eigenvalue weighted by Gasteiger charge is -2.22. The molecule has 1 rings (SSSR count). The summed E-state index contributed by atoms with van der Waals surface area (Å²) < 4.78 is 86.5. The maximum atomic E-state index is 14.2. The first kappa shape index (κ1) is 23.4. The van der Waals surface area contributed by atoms with Crippen molar-refractivity contribution >= 4 is 17.7 Å². The molecule has 158 valence electrons. The molecule has 0 fully saturated rings. The molecule has 0 heterocycles. The molecule has 0 saturated heterocycles. The summed E-state index contributed by atoms with van der Waals surface area (Å²) in [6, 6.07) is 0.0589. The Balaban J connectivity index is 3.25. The highest BCUT2D eigenvalue weighted by Gasteiger charge is 2.39. The number of methoxy groups -OCH3 is 1. The minimum Gasteiger partial charge on any atom is -0.480 e. The SMILES string of the molecule is CCN(CC(F)F)C(=O)Nc1cc(O[C@@H](C)C(F)(F)F)c(C(=O)OC)cc1F. The van der Waals surface area contributed by atoms with Crippen LogP contribution in [-0.2, 0) is 4.74 Å². The van der Waals surface area contributed by atoms with Gasteiger partial charge in [0.1, 0.15) is 17.1 Å². The minimum absolute atomic E-state index is 0.132. The van der Waals surface area contributed by atoms with Crippen molar-refractivity contribution in [2.45, 2.75) is 32.6 Å². The van der Waals surface area contributed by atoms with Gasteiger partial charge in [0.25, 0.3) is 6.43 Å². The molecule has 0 spiro atoms. The van der Waals surface area contributed by atoms with Gasteiger partial charge >= 0.3 is 18.2 Å². The van der Waals surface area contributed by atoms with Crippen LogP contribution >= 0.6 is 0 Å². The van der Waals surface area contributed by atoms with Gasteiger partial charge in [-0.25, -0.2) is 22.8 Å². The number of rotatable bonds is 7. The molecule has 0 aliphatic heterocycles. The molecule has 1 aromatic rings. The fourth-order valence-electron chi connectivity index (χ4n) is 1.99. The lowest BCUT2D eigenvalue weighted by molar-refractivity contribution is -0.189. The number of nitrogens with one attached hydrogen (secondary N) is 1. The zero-order valence-electron chi connectivity index (χ0n) is 15.1. The average Bonchev–Trinajstić information content (AvgIpc) is 2.60. The number of esters is 1. The van der Waals surface area contributed by atoms with Crippen molar-refractivity contribution < 1.29 is 45.4 Å². The molecule has 0 radical (unpaired) electrons. The van der Waals surface area contributed by atoms with Crippen molar-refractivity contribution in [1.82, 2.24) is 4.90 Å². The van der Waals surface area contributed by atoms with Crippen molar-refractivity contribution in [2.24, 2.45) is 0 Å². The van der Waals surface area contributed by atoms with E-state index in [0.29, 0.717) is 24.0 Å². The first-order chi connectivity index (χ1) is 12.9. The highest BCUT2D eigenvalue weighted by molar-refractivity contribution is 5.95. The normalized spacial score (nSPS) is 12.5. The standard InChI is InChI=1S/C16H18F6N2O4/c1-4-24(7-13(18)19)15(26)23-11-6-12(28-8(2)16(20,21)22)9(5-10(11)17)14(25)27-3/h5-6,8,13H,4,7H2,1-3H3,(H,23,26)/t8-/m0/s1. The molecule has 0 aliphatic rings. The van der Waals surface area contributed by atoms with Gasteiger partial charge in [-0.3, -0.25) is 0 Å². The third-order valence-corrected chi connectivity index (χ3v) is 3.51. The Hall–Kier alpha value is -2.66. The molecule has 6 nitrogen and oxygen atoms in total. The zero-order valence-corrected chi connectivity index (χ0v) is 15.1. The molecule has 0 bridgehead atoms. The fraction of sp³-hybridized carbons (Fsp3) is 0.500. The van der Waals surface area contributed by atoms with Crippen LogP contribution in [0.2, 0.25) is 0 Å². The predicted octanol–water partition coefficient (Wildman–Crippen LogP) is 4.06. The number of hydrogen-bond donors (Lipinski definition) is 1. The number of benzene rings is 1. The van der Waals surface area contributed by atoms with E-state index >= 15 is 0 Å². The average molecular weight is 416 g/mol. The van der Waals surface area contributed by atoms with Crippen LogP contribution in [0.4, 0.5) is 36.8 Å². The lowest BCUT2D eigenvalue weighted by atomic mass is 10.1. The van der Waals surface area contributed by atoms with Gasteiger partial charge in [0, 0.05) is 12.6 Å². The zero-order chi connectivity index (χ0) is 21.6. The van der Waals surface area contributed by atoms with Crippen LogP contribution in [0.5, 0.6) is 5.75 Å². The third kappa shape index (κ3) is 6.20. The number of nitrogens with zero attached hydrogens (tertiary/aromatic N) is 1. The molecule has 2 amide bonds. The third-order valence-electron chi connectivity index (χ3n) is 3.51. The number of ether oxygens (including phenoxy) is 2. The summed E-state index contributed by atoms with van der Waals surface area (Å²) in [5, 5.41) is 1.97. The molecule has 12 heteroatoms. The van der Waals surface area contributed by atoms with Gasteiger partial charge in [0.05, 0.1) is 19.3 Å². The second-order valence-corrected chi connectivity index (χ2v) is 5.48. The number of halogens is 6. The molecule has 1 atom stereocenters. The second-order valence-electron chi connectivity index (χ2n) is 5.48. The second kappa shape index (κ2) is 9.51. The largest absolute Gasteiger partial charge is 0.480 e. The van der Waals surface area contributed by atoms with Crippen LogP contribution in [0.3, 0.4) is 0 Å². The molecule has 0 saturated carbocycles. The summed E-state index contributed by atoms with van der Waals surface area (Å²) in [5.41, 5.74) is -1.30. The Morgan fingerprint density at radius 1 is 1.25 bits per heavy atom. The van der Waals surface area contributed by atoms with Crippen LogP contribution in [-0.4, -0.2) is 55.8 Å². The summed E-state index contributed by atoms with van der Waals surface area (Å²) in [6.45, 7) is 0.994. The molecule has 0 aromatic heterocycles. The number of alkyl halides is 5. The van der Waals surface area contributed by atoms with Crippen molar-refractivity contribution in [3.8, 4) is 5.75 Å². The van der Waals surface area contributed by atoms with Crippen molar-refractivity contribution in [2.75, 3.05) is 25.5 Å². The summed E-state index contributed by atoms with van der Waals surface area (Å²) in [4.78, 5) is 24.4. The van der Waals surface area contributed by atoms with E-state index in [1.807, 2.05) is 5.32 Å². The van der Waals surface area contributed by atoms with Gasteiger partial charge in [0.15, 0.2) is 6.10 Å². The summed E-state index contributed by atoms with van der Waals surface area (Å²) >= 11 is 0. The number of carbonyl (C=O) groups excluding carboxylic acids is 2. The van der Waals surface area contributed by atoms with E-state index in [1.165, 1.54) is 6.92 Å². The van der Waals surface area contributed by atoms with Gasteiger partial charge in [-0.15, -0.1) is 0 Å². The summed E-state index contributed by atoms with van der Waals surface area (Å²) in [7, 11) is 0.927. The van der Waals surface area contributed by atoms with Crippen molar-refractivity contribution in [1.29, 1.82) is 0 Å². The van der Waals surface area contributed by atoms with Crippen LogP contribution in [0, 0.1) is 5.82 Å². The molecule has 1 N–H and O–H groups in total. The molecule has 28 heavy (non-hydrogen) atoms. The highest BCUT2D eigenvalue weighted by Crippen LogP contribution is 2.31. The van der Waals surface area contributed by atoms with Crippen LogP contribution in [0.15, 0.2) is 12.1 Å². The van der Waals surface area contributed by atoms with Crippen molar-refractivity contribution in [3.05, 3.63) is 23.5 Å². The van der Waals surface area contributed by atoms with E-state index in [2.05, 4.69) is 9.47 Å².